The molecular formula is C18H21NO4. The molecule has 1 aromatic heterocycles. The van der Waals surface area contributed by atoms with Crippen LogP contribution >= 0.6 is 0 Å². The minimum absolute atomic E-state index is 0.0899. The van der Waals surface area contributed by atoms with Crippen LogP contribution in [0.5, 0.6) is 5.75 Å². The van der Waals surface area contributed by atoms with E-state index in [1.807, 2.05) is 0 Å². The summed E-state index contributed by atoms with van der Waals surface area (Å²) in [7, 11) is 1.52. The van der Waals surface area contributed by atoms with Crippen molar-refractivity contribution in [3.63, 3.8) is 0 Å². The van der Waals surface area contributed by atoms with E-state index in [-0.39, 0.29) is 11.5 Å². The lowest BCUT2D eigenvalue weighted by Crippen LogP contribution is -2.43. The Morgan fingerprint density at radius 1 is 1.26 bits per heavy atom. The van der Waals surface area contributed by atoms with Crippen molar-refractivity contribution >= 4 is 16.9 Å². The van der Waals surface area contributed by atoms with Gasteiger partial charge in [-0.15, -0.1) is 0 Å². The SMILES string of the molecule is COc1cccc2cc(C(=O)N3C[C@H](C)C[C@@H](C)C3)c(=O)oc12. The molecular weight excluding hydrogens is 294 g/mol. The number of ether oxygens (including phenoxy) is 1. The lowest BCUT2D eigenvalue weighted by atomic mass is 9.91. The van der Waals surface area contributed by atoms with E-state index in [0.717, 1.165) is 6.42 Å². The number of rotatable bonds is 2. The highest BCUT2D eigenvalue weighted by molar-refractivity contribution is 5.97. The average Bonchev–Trinajstić information content (AvgIpc) is 2.52. The first-order valence-electron chi connectivity index (χ1n) is 7.89. The van der Waals surface area contributed by atoms with E-state index in [1.54, 1.807) is 29.2 Å². The fourth-order valence-corrected chi connectivity index (χ4v) is 3.43. The van der Waals surface area contributed by atoms with Crippen LogP contribution < -0.4 is 10.4 Å². The van der Waals surface area contributed by atoms with Crippen LogP contribution in [0.15, 0.2) is 33.5 Å². The lowest BCUT2D eigenvalue weighted by Gasteiger charge is -2.34. The van der Waals surface area contributed by atoms with Crippen molar-refractivity contribution < 1.29 is 13.9 Å². The zero-order chi connectivity index (χ0) is 16.6. The Morgan fingerprint density at radius 3 is 2.61 bits per heavy atom. The molecule has 0 N–H and O–H groups in total. The molecule has 1 aliphatic heterocycles. The molecule has 3 rings (SSSR count). The van der Waals surface area contributed by atoms with Crippen LogP contribution in [0.4, 0.5) is 0 Å². The number of para-hydroxylation sites is 1. The monoisotopic (exact) mass is 315 g/mol. The Labute approximate surface area is 134 Å². The average molecular weight is 315 g/mol. The molecule has 5 heteroatoms. The zero-order valence-electron chi connectivity index (χ0n) is 13.7. The maximum Gasteiger partial charge on any atom is 0.349 e. The summed E-state index contributed by atoms with van der Waals surface area (Å²) in [4.78, 5) is 26.8. The molecule has 1 amide bonds. The van der Waals surface area contributed by atoms with E-state index >= 15 is 0 Å². The van der Waals surface area contributed by atoms with Gasteiger partial charge in [-0.25, -0.2) is 4.79 Å². The van der Waals surface area contributed by atoms with Gasteiger partial charge in [0.25, 0.3) is 5.91 Å². The number of carbonyl (C=O) groups excluding carboxylic acids is 1. The topological polar surface area (TPSA) is 59.8 Å². The van der Waals surface area contributed by atoms with Gasteiger partial charge in [-0.1, -0.05) is 26.0 Å². The van der Waals surface area contributed by atoms with E-state index in [9.17, 15) is 9.59 Å². The largest absolute Gasteiger partial charge is 0.493 e. The van der Waals surface area contributed by atoms with E-state index in [2.05, 4.69) is 13.8 Å². The molecule has 1 fully saturated rings. The first-order chi connectivity index (χ1) is 11.0. The zero-order valence-corrected chi connectivity index (χ0v) is 13.7. The van der Waals surface area contributed by atoms with Gasteiger partial charge in [-0.05, 0) is 30.4 Å². The molecule has 0 unspecified atom stereocenters. The Hall–Kier alpha value is -2.30. The second kappa shape index (κ2) is 6.07. The van der Waals surface area contributed by atoms with Gasteiger partial charge in [0.05, 0.1) is 7.11 Å². The summed E-state index contributed by atoms with van der Waals surface area (Å²) in [6.45, 7) is 5.62. The molecule has 1 aliphatic rings. The molecule has 2 aromatic rings. The molecule has 1 saturated heterocycles. The molecule has 0 saturated carbocycles. The minimum atomic E-state index is -0.613. The summed E-state index contributed by atoms with van der Waals surface area (Å²) >= 11 is 0. The van der Waals surface area contributed by atoms with Gasteiger partial charge in [-0.2, -0.15) is 0 Å². The molecule has 0 bridgehead atoms. The van der Waals surface area contributed by atoms with E-state index in [1.165, 1.54) is 7.11 Å². The van der Waals surface area contributed by atoms with Crippen LogP contribution in [0, 0.1) is 11.8 Å². The van der Waals surface area contributed by atoms with Gasteiger partial charge in [0.15, 0.2) is 11.3 Å². The molecule has 0 aliphatic carbocycles. The number of amides is 1. The van der Waals surface area contributed by atoms with Gasteiger partial charge < -0.3 is 14.1 Å². The van der Waals surface area contributed by atoms with E-state index < -0.39 is 5.63 Å². The van der Waals surface area contributed by atoms with Crippen molar-refractivity contribution in [1.82, 2.24) is 4.90 Å². The fraction of sp³-hybridized carbons (Fsp3) is 0.444. The molecule has 0 radical (unpaired) electrons. The Bertz CT molecular complexity index is 785. The molecule has 122 valence electrons. The minimum Gasteiger partial charge on any atom is -0.493 e. The standard InChI is InChI=1S/C18H21NO4/c1-11-7-12(2)10-19(9-11)17(20)14-8-13-5-4-6-15(22-3)16(13)23-18(14)21/h4-6,8,11-12H,7,9-10H2,1-3H3/t11-,12-/m1/s1. The highest BCUT2D eigenvalue weighted by Gasteiger charge is 2.28. The number of hydrogen-bond donors (Lipinski definition) is 0. The first-order valence-corrected chi connectivity index (χ1v) is 7.89. The van der Waals surface area contributed by atoms with Crippen molar-refractivity contribution in [2.45, 2.75) is 20.3 Å². The second-order valence-corrected chi connectivity index (χ2v) is 6.48. The van der Waals surface area contributed by atoms with Crippen LogP contribution in [0.3, 0.4) is 0 Å². The summed E-state index contributed by atoms with van der Waals surface area (Å²) in [5, 5.41) is 0.686. The number of benzene rings is 1. The quantitative estimate of drug-likeness (QED) is 0.800. The normalized spacial score (nSPS) is 21.4. The Morgan fingerprint density at radius 2 is 1.96 bits per heavy atom. The smallest absolute Gasteiger partial charge is 0.349 e. The van der Waals surface area contributed by atoms with E-state index in [4.69, 9.17) is 9.15 Å². The maximum atomic E-state index is 12.7. The third-order valence-electron chi connectivity index (χ3n) is 4.33. The number of fused-ring (bicyclic) bond motifs is 1. The summed E-state index contributed by atoms with van der Waals surface area (Å²) in [6.07, 6.45) is 1.10. The molecule has 0 spiro atoms. The predicted octanol–water partition coefficient (Wildman–Crippen LogP) is 2.92. The first kappa shape index (κ1) is 15.6. The predicted molar refractivity (Wildman–Crippen MR) is 87.9 cm³/mol. The van der Waals surface area contributed by atoms with E-state index in [0.29, 0.717) is 41.6 Å². The highest BCUT2D eigenvalue weighted by atomic mass is 16.5. The van der Waals surface area contributed by atoms with Gasteiger partial charge in [0.2, 0.25) is 0 Å². The van der Waals surface area contributed by atoms with Crippen LogP contribution in [0.1, 0.15) is 30.6 Å². The fourth-order valence-electron chi connectivity index (χ4n) is 3.43. The number of hydrogen-bond acceptors (Lipinski definition) is 4. The molecule has 23 heavy (non-hydrogen) atoms. The third-order valence-corrected chi connectivity index (χ3v) is 4.33. The highest BCUT2D eigenvalue weighted by Crippen LogP contribution is 2.26. The summed E-state index contributed by atoms with van der Waals surface area (Å²) < 4.78 is 10.6. The number of likely N-dealkylation sites (tertiary alicyclic amines) is 1. The lowest BCUT2D eigenvalue weighted by molar-refractivity contribution is 0.0619. The number of carbonyl (C=O) groups is 1. The molecule has 5 nitrogen and oxygen atoms in total. The van der Waals surface area contributed by atoms with Crippen LogP contribution in [0.2, 0.25) is 0 Å². The van der Waals surface area contributed by atoms with Gasteiger partial charge >= 0.3 is 5.63 Å². The number of methoxy groups -OCH3 is 1. The van der Waals surface area contributed by atoms with Crippen molar-refractivity contribution in [3.05, 3.63) is 40.2 Å². The Balaban J connectivity index is 2.01. The summed E-state index contributed by atoms with van der Waals surface area (Å²) in [5.74, 6) is 1.12. The second-order valence-electron chi connectivity index (χ2n) is 6.48. The molecule has 1 aromatic carbocycles. The van der Waals surface area contributed by atoms with Gasteiger partial charge in [0.1, 0.15) is 5.56 Å². The maximum absolute atomic E-state index is 12.7. The molecule has 2 atom stereocenters. The van der Waals surface area contributed by atoms with Crippen LogP contribution in [-0.4, -0.2) is 31.0 Å². The van der Waals surface area contributed by atoms with Crippen LogP contribution in [-0.2, 0) is 0 Å². The number of nitrogens with zero attached hydrogens (tertiary/aromatic N) is 1. The van der Waals surface area contributed by atoms with Gasteiger partial charge in [-0.3, -0.25) is 4.79 Å². The van der Waals surface area contributed by atoms with Crippen molar-refractivity contribution in [1.29, 1.82) is 0 Å². The summed E-state index contributed by atoms with van der Waals surface area (Å²) in [5.41, 5.74) is -0.151. The van der Waals surface area contributed by atoms with Crippen molar-refractivity contribution in [2.24, 2.45) is 11.8 Å². The molecule has 2 heterocycles. The van der Waals surface area contributed by atoms with Crippen LogP contribution in [0.25, 0.3) is 11.0 Å². The summed E-state index contributed by atoms with van der Waals surface area (Å²) in [6, 6.07) is 6.94. The van der Waals surface area contributed by atoms with Gasteiger partial charge in [0, 0.05) is 18.5 Å². The van der Waals surface area contributed by atoms with Crippen molar-refractivity contribution in [2.75, 3.05) is 20.2 Å². The van der Waals surface area contributed by atoms with Crippen molar-refractivity contribution in [3.8, 4) is 5.75 Å². The number of piperidine rings is 1. The Kier molecular flexibility index (Phi) is 4.11. The third kappa shape index (κ3) is 2.96.